The van der Waals surface area contributed by atoms with Gasteiger partial charge in [0.1, 0.15) is 0 Å². The zero-order chi connectivity index (χ0) is 14.0. The maximum atomic E-state index is 12.5. The molecule has 1 aromatic carbocycles. The molecule has 1 aromatic rings. The molecule has 0 radical (unpaired) electrons. The summed E-state index contributed by atoms with van der Waals surface area (Å²) in [5, 5.41) is 0.464. The second-order valence-corrected chi connectivity index (χ2v) is 5.44. The Hall–Kier alpha value is -1.26. The predicted octanol–water partition coefficient (Wildman–Crippen LogP) is 2.09. The summed E-state index contributed by atoms with van der Waals surface area (Å²) in [6.45, 7) is 4.51. The van der Waals surface area contributed by atoms with E-state index in [-0.39, 0.29) is 5.91 Å². The van der Waals surface area contributed by atoms with Gasteiger partial charge in [-0.2, -0.15) is 0 Å². The molecular formula is C14H20ClN3O. The molecule has 1 unspecified atom stereocenters. The smallest absolute Gasteiger partial charge is 0.255 e. The number of amides is 1. The third-order valence-electron chi connectivity index (χ3n) is 3.76. The van der Waals surface area contributed by atoms with E-state index < -0.39 is 0 Å². The number of benzene rings is 1. The van der Waals surface area contributed by atoms with Crippen molar-refractivity contribution < 1.29 is 4.79 Å². The molecule has 1 aliphatic heterocycles. The summed E-state index contributed by atoms with van der Waals surface area (Å²) in [4.78, 5) is 16.7. The van der Waals surface area contributed by atoms with E-state index in [1.165, 1.54) is 0 Å². The molecule has 19 heavy (non-hydrogen) atoms. The fraction of sp³-hybridized carbons (Fsp3) is 0.500. The quantitative estimate of drug-likeness (QED) is 0.845. The minimum absolute atomic E-state index is 0.0242. The van der Waals surface area contributed by atoms with Crippen molar-refractivity contribution in [3.8, 4) is 0 Å². The van der Waals surface area contributed by atoms with Gasteiger partial charge in [0.25, 0.3) is 5.91 Å². The lowest BCUT2D eigenvalue weighted by atomic mass is 10.1. The van der Waals surface area contributed by atoms with Gasteiger partial charge in [0.15, 0.2) is 0 Å². The molecule has 104 valence electrons. The van der Waals surface area contributed by atoms with E-state index in [9.17, 15) is 4.79 Å². The van der Waals surface area contributed by atoms with Gasteiger partial charge in [0.05, 0.1) is 10.6 Å². The van der Waals surface area contributed by atoms with E-state index in [4.69, 9.17) is 17.3 Å². The molecule has 1 fully saturated rings. The van der Waals surface area contributed by atoms with Gasteiger partial charge in [0.2, 0.25) is 0 Å². The van der Waals surface area contributed by atoms with Gasteiger partial charge in [-0.1, -0.05) is 18.5 Å². The number of hydrogen-bond donors (Lipinski definition) is 1. The Balaban J connectivity index is 2.18. The molecule has 2 N–H and O–H groups in total. The van der Waals surface area contributed by atoms with Crippen molar-refractivity contribution in [3.63, 3.8) is 0 Å². The van der Waals surface area contributed by atoms with Gasteiger partial charge in [-0.15, -0.1) is 0 Å². The highest BCUT2D eigenvalue weighted by atomic mass is 35.5. The molecule has 1 saturated heterocycles. The zero-order valence-electron chi connectivity index (χ0n) is 11.4. The molecular weight excluding hydrogens is 262 g/mol. The van der Waals surface area contributed by atoms with Crippen LogP contribution in [0.5, 0.6) is 0 Å². The third kappa shape index (κ3) is 3.01. The van der Waals surface area contributed by atoms with Crippen LogP contribution in [-0.4, -0.2) is 48.4 Å². The molecule has 4 nitrogen and oxygen atoms in total. The monoisotopic (exact) mass is 281 g/mol. The number of anilines is 1. The van der Waals surface area contributed by atoms with Gasteiger partial charge in [0, 0.05) is 31.4 Å². The van der Waals surface area contributed by atoms with Crippen LogP contribution in [-0.2, 0) is 0 Å². The number of halogens is 1. The van der Waals surface area contributed by atoms with E-state index in [1.54, 1.807) is 18.2 Å². The van der Waals surface area contributed by atoms with E-state index in [0.717, 1.165) is 26.1 Å². The summed E-state index contributed by atoms with van der Waals surface area (Å²) in [6, 6.07) is 5.46. The minimum atomic E-state index is -0.0242. The van der Waals surface area contributed by atoms with Crippen LogP contribution in [0.3, 0.4) is 0 Å². The molecule has 1 amide bonds. The highest BCUT2D eigenvalue weighted by Crippen LogP contribution is 2.22. The first-order valence-corrected chi connectivity index (χ1v) is 6.95. The number of piperazine rings is 1. The second-order valence-electron chi connectivity index (χ2n) is 5.03. The van der Waals surface area contributed by atoms with Crippen molar-refractivity contribution in [2.75, 3.05) is 32.4 Å². The predicted molar refractivity (Wildman–Crippen MR) is 78.5 cm³/mol. The largest absolute Gasteiger partial charge is 0.399 e. The SMILES string of the molecule is CCC1CN(C(=O)c2cc(N)ccc2Cl)CCN1C. The maximum absolute atomic E-state index is 12.5. The molecule has 1 atom stereocenters. The van der Waals surface area contributed by atoms with Crippen LogP contribution >= 0.6 is 11.6 Å². The lowest BCUT2D eigenvalue weighted by Gasteiger charge is -2.39. The summed E-state index contributed by atoms with van der Waals surface area (Å²) >= 11 is 6.10. The zero-order valence-corrected chi connectivity index (χ0v) is 12.2. The fourth-order valence-electron chi connectivity index (χ4n) is 2.45. The molecule has 0 bridgehead atoms. The first-order valence-electron chi connectivity index (χ1n) is 6.57. The Morgan fingerprint density at radius 2 is 2.21 bits per heavy atom. The van der Waals surface area contributed by atoms with Gasteiger partial charge < -0.3 is 10.6 Å². The first-order chi connectivity index (χ1) is 9.02. The number of carbonyl (C=O) groups excluding carboxylic acids is 1. The van der Waals surface area contributed by atoms with Crippen LogP contribution in [0.25, 0.3) is 0 Å². The summed E-state index contributed by atoms with van der Waals surface area (Å²) in [7, 11) is 2.10. The van der Waals surface area contributed by atoms with E-state index >= 15 is 0 Å². The molecule has 0 saturated carbocycles. The summed E-state index contributed by atoms with van der Waals surface area (Å²) in [5.74, 6) is -0.0242. The number of nitrogens with two attached hydrogens (primary N) is 1. The van der Waals surface area contributed by atoms with Crippen molar-refractivity contribution >= 4 is 23.2 Å². The highest BCUT2D eigenvalue weighted by Gasteiger charge is 2.27. The normalized spacial score (nSPS) is 20.6. The average Bonchev–Trinajstić information content (AvgIpc) is 2.41. The van der Waals surface area contributed by atoms with Crippen LogP contribution < -0.4 is 5.73 Å². The number of rotatable bonds is 2. The first kappa shape index (κ1) is 14.2. The van der Waals surface area contributed by atoms with Gasteiger partial charge in [-0.05, 0) is 31.7 Å². The molecule has 1 aliphatic rings. The highest BCUT2D eigenvalue weighted by molar-refractivity contribution is 6.34. The van der Waals surface area contributed by atoms with Gasteiger partial charge >= 0.3 is 0 Å². The van der Waals surface area contributed by atoms with E-state index in [0.29, 0.717) is 22.3 Å². The van der Waals surface area contributed by atoms with Crippen LogP contribution in [0.1, 0.15) is 23.7 Å². The molecule has 0 aromatic heterocycles. The van der Waals surface area contributed by atoms with E-state index in [1.807, 2.05) is 4.90 Å². The molecule has 2 rings (SSSR count). The molecule has 0 spiro atoms. The minimum Gasteiger partial charge on any atom is -0.399 e. The van der Waals surface area contributed by atoms with Crippen molar-refractivity contribution in [1.82, 2.24) is 9.80 Å². The number of nitrogen functional groups attached to an aromatic ring is 1. The van der Waals surface area contributed by atoms with Crippen molar-refractivity contribution in [1.29, 1.82) is 0 Å². The van der Waals surface area contributed by atoms with E-state index in [2.05, 4.69) is 18.9 Å². The Bertz CT molecular complexity index is 478. The third-order valence-corrected chi connectivity index (χ3v) is 4.09. The van der Waals surface area contributed by atoms with Crippen LogP contribution in [0.4, 0.5) is 5.69 Å². The topological polar surface area (TPSA) is 49.6 Å². The number of carbonyl (C=O) groups is 1. The molecule has 5 heteroatoms. The Morgan fingerprint density at radius 3 is 2.89 bits per heavy atom. The van der Waals surface area contributed by atoms with Crippen LogP contribution in [0, 0.1) is 0 Å². The second kappa shape index (κ2) is 5.80. The maximum Gasteiger partial charge on any atom is 0.255 e. The fourth-order valence-corrected chi connectivity index (χ4v) is 2.65. The Kier molecular flexibility index (Phi) is 4.32. The number of hydrogen-bond acceptors (Lipinski definition) is 3. The number of nitrogens with zero attached hydrogens (tertiary/aromatic N) is 2. The summed E-state index contributed by atoms with van der Waals surface area (Å²) < 4.78 is 0. The lowest BCUT2D eigenvalue weighted by Crippen LogP contribution is -2.53. The summed E-state index contributed by atoms with van der Waals surface area (Å²) in [6.07, 6.45) is 1.03. The Labute approximate surface area is 119 Å². The van der Waals surface area contributed by atoms with Crippen molar-refractivity contribution in [3.05, 3.63) is 28.8 Å². The number of likely N-dealkylation sites (N-methyl/N-ethyl adjacent to an activating group) is 1. The molecule has 0 aliphatic carbocycles. The van der Waals surface area contributed by atoms with Crippen molar-refractivity contribution in [2.45, 2.75) is 19.4 Å². The lowest BCUT2D eigenvalue weighted by molar-refractivity contribution is 0.0542. The van der Waals surface area contributed by atoms with Crippen LogP contribution in [0.2, 0.25) is 5.02 Å². The van der Waals surface area contributed by atoms with Gasteiger partial charge in [-0.3, -0.25) is 9.69 Å². The Morgan fingerprint density at radius 1 is 1.47 bits per heavy atom. The van der Waals surface area contributed by atoms with Gasteiger partial charge in [-0.25, -0.2) is 0 Å². The summed E-state index contributed by atoms with van der Waals surface area (Å²) in [5.41, 5.74) is 6.80. The molecule has 1 heterocycles. The standard InChI is InChI=1S/C14H20ClN3O/c1-3-11-9-18(7-6-17(11)2)14(19)12-8-10(16)4-5-13(12)15/h4-5,8,11H,3,6-7,9,16H2,1-2H3. The van der Waals surface area contributed by atoms with Crippen LogP contribution in [0.15, 0.2) is 18.2 Å². The average molecular weight is 282 g/mol. The van der Waals surface area contributed by atoms with Crippen molar-refractivity contribution in [2.24, 2.45) is 0 Å².